The zero-order valence-corrected chi connectivity index (χ0v) is 21.7. The van der Waals surface area contributed by atoms with Gasteiger partial charge < -0.3 is 25.4 Å². The first kappa shape index (κ1) is 28.3. The van der Waals surface area contributed by atoms with Crippen molar-refractivity contribution in [3.63, 3.8) is 0 Å². The normalized spacial score (nSPS) is 13.8. The molecule has 33 heavy (non-hydrogen) atoms. The lowest BCUT2D eigenvalue weighted by atomic mass is 9.91. The SMILES string of the molecule is CCC(C)(C)N(C(=O)C(C)NC(=O)OC(C)(C)C)C(C(=O)NC(C)C)c1cccc(C)c1O. The minimum absolute atomic E-state index is 0.0427. The predicted molar refractivity (Wildman–Crippen MR) is 129 cm³/mol. The summed E-state index contributed by atoms with van der Waals surface area (Å²) in [5.41, 5.74) is -0.567. The van der Waals surface area contributed by atoms with E-state index < -0.39 is 41.1 Å². The summed E-state index contributed by atoms with van der Waals surface area (Å²) in [4.78, 5) is 40.9. The maximum absolute atomic E-state index is 13.7. The van der Waals surface area contributed by atoms with E-state index in [2.05, 4.69) is 10.6 Å². The van der Waals surface area contributed by atoms with Gasteiger partial charge in [0.15, 0.2) is 0 Å². The molecule has 0 aliphatic heterocycles. The van der Waals surface area contributed by atoms with E-state index in [-0.39, 0.29) is 11.8 Å². The Kier molecular flexibility index (Phi) is 9.33. The summed E-state index contributed by atoms with van der Waals surface area (Å²) in [6, 6.07) is 2.88. The van der Waals surface area contributed by atoms with Crippen LogP contribution in [0.15, 0.2) is 18.2 Å². The molecule has 0 radical (unpaired) electrons. The largest absolute Gasteiger partial charge is 0.507 e. The van der Waals surface area contributed by atoms with E-state index in [4.69, 9.17) is 4.74 Å². The maximum atomic E-state index is 13.7. The van der Waals surface area contributed by atoms with Gasteiger partial charge in [0.1, 0.15) is 23.4 Å². The molecule has 0 aliphatic carbocycles. The Labute approximate surface area is 198 Å². The molecule has 1 rings (SSSR count). The molecule has 8 heteroatoms. The number of carbonyl (C=O) groups excluding carboxylic acids is 3. The number of hydrogen-bond acceptors (Lipinski definition) is 5. The van der Waals surface area contributed by atoms with Gasteiger partial charge in [-0.2, -0.15) is 0 Å². The number of benzene rings is 1. The van der Waals surface area contributed by atoms with Crippen LogP contribution in [0, 0.1) is 6.92 Å². The van der Waals surface area contributed by atoms with Gasteiger partial charge in [-0.15, -0.1) is 0 Å². The highest BCUT2D eigenvalue weighted by molar-refractivity contribution is 5.93. The summed E-state index contributed by atoms with van der Waals surface area (Å²) in [5.74, 6) is -0.915. The molecular formula is C25H41N3O5. The van der Waals surface area contributed by atoms with Gasteiger partial charge in [0, 0.05) is 17.1 Å². The number of amides is 3. The van der Waals surface area contributed by atoms with E-state index in [1.165, 1.54) is 4.90 Å². The van der Waals surface area contributed by atoms with Gasteiger partial charge in [0.2, 0.25) is 11.8 Å². The second-order valence-electron chi connectivity index (χ2n) is 10.3. The number of aryl methyl sites for hydroxylation is 1. The molecular weight excluding hydrogens is 422 g/mol. The van der Waals surface area contributed by atoms with Crippen molar-refractivity contribution in [3.05, 3.63) is 29.3 Å². The number of alkyl carbamates (subject to hydrolysis) is 1. The molecule has 0 bridgehead atoms. The van der Waals surface area contributed by atoms with Gasteiger partial charge in [-0.05, 0) is 74.3 Å². The number of nitrogens with zero attached hydrogens (tertiary/aromatic N) is 1. The fourth-order valence-corrected chi connectivity index (χ4v) is 3.36. The standard InChI is InChI=1S/C25H41N3O5/c1-11-25(9,10)28(22(31)17(5)27-23(32)33-24(6,7)8)19(21(30)26-15(2)3)18-14-12-13-16(4)20(18)29/h12-15,17,19,29H,11H2,1-10H3,(H,26,30)(H,27,32). The summed E-state index contributed by atoms with van der Waals surface area (Å²) < 4.78 is 5.29. The van der Waals surface area contributed by atoms with Crippen LogP contribution < -0.4 is 10.6 Å². The summed E-state index contributed by atoms with van der Waals surface area (Å²) >= 11 is 0. The summed E-state index contributed by atoms with van der Waals surface area (Å²) in [6.07, 6.45) is -0.185. The predicted octanol–water partition coefficient (Wildman–Crippen LogP) is 4.20. The van der Waals surface area contributed by atoms with Gasteiger partial charge in [0.05, 0.1) is 0 Å². The van der Waals surface area contributed by atoms with Crippen molar-refractivity contribution < 1.29 is 24.2 Å². The van der Waals surface area contributed by atoms with E-state index >= 15 is 0 Å². The highest BCUT2D eigenvalue weighted by Gasteiger charge is 2.43. The van der Waals surface area contributed by atoms with Crippen LogP contribution in [0.4, 0.5) is 4.79 Å². The van der Waals surface area contributed by atoms with Crippen LogP contribution in [0.2, 0.25) is 0 Å². The molecule has 3 N–H and O–H groups in total. The van der Waals surface area contributed by atoms with Gasteiger partial charge in [0.25, 0.3) is 0 Å². The van der Waals surface area contributed by atoms with Crippen molar-refractivity contribution in [1.29, 1.82) is 0 Å². The molecule has 0 heterocycles. The Morgan fingerprint density at radius 2 is 1.64 bits per heavy atom. The topological polar surface area (TPSA) is 108 Å². The first-order chi connectivity index (χ1) is 15.0. The van der Waals surface area contributed by atoms with Gasteiger partial charge in [-0.3, -0.25) is 9.59 Å². The lowest BCUT2D eigenvalue weighted by Crippen LogP contribution is -2.59. The van der Waals surface area contributed by atoms with Crippen LogP contribution in [0.25, 0.3) is 0 Å². The molecule has 1 aromatic carbocycles. The van der Waals surface area contributed by atoms with Crippen molar-refractivity contribution in [2.75, 3.05) is 0 Å². The summed E-state index contributed by atoms with van der Waals surface area (Å²) in [6.45, 7) is 17.8. The molecule has 3 amide bonds. The minimum Gasteiger partial charge on any atom is -0.507 e. The summed E-state index contributed by atoms with van der Waals surface area (Å²) in [5, 5.41) is 16.3. The zero-order chi connectivity index (χ0) is 25.7. The third-order valence-corrected chi connectivity index (χ3v) is 5.36. The van der Waals surface area contributed by atoms with Crippen molar-refractivity contribution in [3.8, 4) is 5.75 Å². The van der Waals surface area contributed by atoms with Crippen molar-refractivity contribution in [1.82, 2.24) is 15.5 Å². The lowest BCUT2D eigenvalue weighted by Gasteiger charge is -2.44. The lowest BCUT2D eigenvalue weighted by molar-refractivity contribution is -0.149. The molecule has 0 saturated heterocycles. The molecule has 2 unspecified atom stereocenters. The van der Waals surface area contributed by atoms with Crippen molar-refractivity contribution in [2.45, 2.75) is 105 Å². The van der Waals surface area contributed by atoms with Crippen LogP contribution in [-0.4, -0.2) is 51.1 Å². The van der Waals surface area contributed by atoms with Gasteiger partial charge in [-0.25, -0.2) is 4.79 Å². The fourth-order valence-electron chi connectivity index (χ4n) is 3.36. The second kappa shape index (κ2) is 10.9. The van der Waals surface area contributed by atoms with E-state index in [0.29, 0.717) is 17.5 Å². The number of nitrogens with one attached hydrogen (secondary N) is 2. The minimum atomic E-state index is -1.10. The average molecular weight is 464 g/mol. The molecule has 0 aromatic heterocycles. The average Bonchev–Trinajstić information content (AvgIpc) is 2.65. The van der Waals surface area contributed by atoms with Gasteiger partial charge in [-0.1, -0.05) is 25.1 Å². The Morgan fingerprint density at radius 1 is 1.06 bits per heavy atom. The number of ether oxygens (including phenoxy) is 1. The molecule has 0 aliphatic rings. The number of carbonyl (C=O) groups is 3. The monoisotopic (exact) mass is 463 g/mol. The third kappa shape index (κ3) is 7.65. The molecule has 0 spiro atoms. The smallest absolute Gasteiger partial charge is 0.408 e. The second-order valence-corrected chi connectivity index (χ2v) is 10.3. The fraction of sp³-hybridized carbons (Fsp3) is 0.640. The van der Waals surface area contributed by atoms with E-state index in [1.54, 1.807) is 52.8 Å². The first-order valence-electron chi connectivity index (χ1n) is 11.4. The highest BCUT2D eigenvalue weighted by atomic mass is 16.6. The number of rotatable bonds is 8. The number of para-hydroxylation sites is 1. The van der Waals surface area contributed by atoms with Crippen LogP contribution in [0.5, 0.6) is 5.75 Å². The van der Waals surface area contributed by atoms with E-state index in [0.717, 1.165) is 0 Å². The first-order valence-corrected chi connectivity index (χ1v) is 11.4. The molecule has 186 valence electrons. The molecule has 0 fully saturated rings. The van der Waals surface area contributed by atoms with Crippen LogP contribution in [0.3, 0.4) is 0 Å². The number of hydrogen-bond donors (Lipinski definition) is 3. The Balaban J connectivity index is 3.55. The van der Waals surface area contributed by atoms with Crippen molar-refractivity contribution >= 4 is 17.9 Å². The Bertz CT molecular complexity index is 858. The Morgan fingerprint density at radius 3 is 2.12 bits per heavy atom. The third-order valence-electron chi connectivity index (χ3n) is 5.36. The highest BCUT2D eigenvalue weighted by Crippen LogP contribution is 2.37. The number of phenols is 1. The maximum Gasteiger partial charge on any atom is 0.408 e. The zero-order valence-electron chi connectivity index (χ0n) is 21.7. The van der Waals surface area contributed by atoms with Crippen LogP contribution in [-0.2, 0) is 14.3 Å². The van der Waals surface area contributed by atoms with E-state index in [9.17, 15) is 19.5 Å². The number of phenolic OH excluding ortho intramolecular Hbond substituents is 1. The molecule has 8 nitrogen and oxygen atoms in total. The van der Waals surface area contributed by atoms with Gasteiger partial charge >= 0.3 is 6.09 Å². The van der Waals surface area contributed by atoms with Crippen molar-refractivity contribution in [2.24, 2.45) is 0 Å². The van der Waals surface area contributed by atoms with Crippen LogP contribution >= 0.6 is 0 Å². The van der Waals surface area contributed by atoms with E-state index in [1.807, 2.05) is 34.6 Å². The summed E-state index contributed by atoms with van der Waals surface area (Å²) in [7, 11) is 0. The van der Waals surface area contributed by atoms with Crippen LogP contribution in [0.1, 0.15) is 85.9 Å². The molecule has 0 saturated carbocycles. The Hall–Kier alpha value is -2.77. The number of aromatic hydroxyl groups is 1. The molecule has 2 atom stereocenters. The molecule has 1 aromatic rings. The quantitative estimate of drug-likeness (QED) is 0.536.